The van der Waals surface area contributed by atoms with Crippen molar-refractivity contribution in [2.24, 2.45) is 11.1 Å². The van der Waals surface area contributed by atoms with E-state index in [1.807, 2.05) is 31.2 Å². The van der Waals surface area contributed by atoms with Crippen molar-refractivity contribution in [3.8, 4) is 0 Å². The lowest BCUT2D eigenvalue weighted by molar-refractivity contribution is 0.501. The molecule has 82 valence electrons. The molecule has 0 unspecified atom stereocenters. The zero-order valence-electron chi connectivity index (χ0n) is 9.96. The molecular formula is C13H20N2. The number of aryl methyl sites for hydroxylation is 1. The molecule has 2 heteroatoms. The standard InChI is InChI=1S/C13H20N2/c1-9-5-6-11(14)10(7-9)8-12(15)13(2,3)4/h5-8H,14-15H2,1-4H3/b12-8-. The van der Waals surface area contributed by atoms with Crippen LogP contribution in [0.1, 0.15) is 31.9 Å². The van der Waals surface area contributed by atoms with Crippen molar-refractivity contribution in [3.63, 3.8) is 0 Å². The number of rotatable bonds is 1. The summed E-state index contributed by atoms with van der Waals surface area (Å²) in [4.78, 5) is 0. The van der Waals surface area contributed by atoms with E-state index in [1.165, 1.54) is 5.56 Å². The van der Waals surface area contributed by atoms with Crippen LogP contribution >= 0.6 is 0 Å². The van der Waals surface area contributed by atoms with E-state index in [4.69, 9.17) is 11.5 Å². The topological polar surface area (TPSA) is 52.0 Å². The van der Waals surface area contributed by atoms with Gasteiger partial charge in [-0.1, -0.05) is 32.4 Å². The van der Waals surface area contributed by atoms with Crippen molar-refractivity contribution in [1.82, 2.24) is 0 Å². The fraction of sp³-hybridized carbons (Fsp3) is 0.385. The summed E-state index contributed by atoms with van der Waals surface area (Å²) in [7, 11) is 0. The fourth-order valence-corrected chi connectivity index (χ4v) is 1.20. The molecule has 0 saturated carbocycles. The van der Waals surface area contributed by atoms with Crippen LogP contribution < -0.4 is 11.5 Å². The number of anilines is 1. The van der Waals surface area contributed by atoms with Gasteiger partial charge >= 0.3 is 0 Å². The number of nitrogens with two attached hydrogens (primary N) is 2. The molecule has 1 aromatic rings. The first-order valence-electron chi connectivity index (χ1n) is 5.14. The monoisotopic (exact) mass is 204 g/mol. The maximum Gasteiger partial charge on any atom is 0.0388 e. The van der Waals surface area contributed by atoms with E-state index in [1.54, 1.807) is 0 Å². The Morgan fingerprint density at radius 2 is 1.87 bits per heavy atom. The molecule has 2 nitrogen and oxygen atoms in total. The smallest absolute Gasteiger partial charge is 0.0388 e. The van der Waals surface area contributed by atoms with Crippen LogP contribution in [0.25, 0.3) is 6.08 Å². The lowest BCUT2D eigenvalue weighted by Gasteiger charge is -2.19. The number of hydrogen-bond donors (Lipinski definition) is 2. The Morgan fingerprint density at radius 1 is 1.27 bits per heavy atom. The second-order valence-corrected chi connectivity index (χ2v) is 4.98. The van der Waals surface area contributed by atoms with E-state index >= 15 is 0 Å². The highest BCUT2D eigenvalue weighted by molar-refractivity contribution is 5.67. The second-order valence-electron chi connectivity index (χ2n) is 4.98. The molecule has 0 atom stereocenters. The molecule has 0 spiro atoms. The third kappa shape index (κ3) is 3.01. The predicted octanol–water partition coefficient (Wildman–Crippen LogP) is 2.92. The molecule has 1 rings (SSSR count). The van der Waals surface area contributed by atoms with Gasteiger partial charge in [0.05, 0.1) is 0 Å². The van der Waals surface area contributed by atoms with Crippen LogP contribution in [0.3, 0.4) is 0 Å². The summed E-state index contributed by atoms with van der Waals surface area (Å²) in [5.41, 5.74) is 15.7. The molecule has 0 radical (unpaired) electrons. The molecule has 0 aromatic heterocycles. The normalized spacial score (nSPS) is 12.9. The summed E-state index contributed by atoms with van der Waals surface area (Å²) < 4.78 is 0. The quantitative estimate of drug-likeness (QED) is 0.691. The minimum Gasteiger partial charge on any atom is -0.402 e. The van der Waals surface area contributed by atoms with Crippen LogP contribution in [0, 0.1) is 12.3 Å². The Bertz CT molecular complexity index is 384. The number of benzene rings is 1. The van der Waals surface area contributed by atoms with Gasteiger partial charge < -0.3 is 11.5 Å². The SMILES string of the molecule is Cc1ccc(N)c(/C=C(\N)C(C)(C)C)c1. The molecule has 0 aliphatic rings. The van der Waals surface area contributed by atoms with E-state index in [-0.39, 0.29) is 5.41 Å². The van der Waals surface area contributed by atoms with E-state index < -0.39 is 0 Å². The van der Waals surface area contributed by atoms with Gasteiger partial charge in [-0.3, -0.25) is 0 Å². The third-order valence-corrected chi connectivity index (χ3v) is 2.42. The Labute approximate surface area is 92.0 Å². The van der Waals surface area contributed by atoms with Crippen LogP contribution in [-0.2, 0) is 0 Å². The first kappa shape index (κ1) is 11.6. The molecular weight excluding hydrogens is 184 g/mol. The molecule has 0 aliphatic heterocycles. The van der Waals surface area contributed by atoms with Gasteiger partial charge in [-0.25, -0.2) is 0 Å². The molecule has 0 heterocycles. The summed E-state index contributed by atoms with van der Waals surface area (Å²) in [6.45, 7) is 8.31. The van der Waals surface area contributed by atoms with Gasteiger partial charge in [-0.05, 0) is 30.7 Å². The van der Waals surface area contributed by atoms with Crippen molar-refractivity contribution >= 4 is 11.8 Å². The summed E-state index contributed by atoms with van der Waals surface area (Å²) >= 11 is 0. The van der Waals surface area contributed by atoms with Crippen molar-refractivity contribution in [1.29, 1.82) is 0 Å². The van der Waals surface area contributed by atoms with Crippen molar-refractivity contribution in [3.05, 3.63) is 35.0 Å². The average molecular weight is 204 g/mol. The van der Waals surface area contributed by atoms with Gasteiger partial charge in [0.2, 0.25) is 0 Å². The summed E-state index contributed by atoms with van der Waals surface area (Å²) in [5.74, 6) is 0. The van der Waals surface area contributed by atoms with Gasteiger partial charge in [-0.2, -0.15) is 0 Å². The largest absolute Gasteiger partial charge is 0.402 e. The average Bonchev–Trinajstić information content (AvgIpc) is 2.09. The summed E-state index contributed by atoms with van der Waals surface area (Å²) in [6, 6.07) is 5.96. The minimum atomic E-state index is -0.0177. The third-order valence-electron chi connectivity index (χ3n) is 2.42. The van der Waals surface area contributed by atoms with Gasteiger partial charge in [0.25, 0.3) is 0 Å². The summed E-state index contributed by atoms with van der Waals surface area (Å²) in [5, 5.41) is 0. The Kier molecular flexibility index (Phi) is 3.08. The number of allylic oxidation sites excluding steroid dienone is 1. The molecule has 0 saturated heterocycles. The predicted molar refractivity (Wildman–Crippen MR) is 67.2 cm³/mol. The lowest BCUT2D eigenvalue weighted by atomic mass is 9.91. The highest BCUT2D eigenvalue weighted by Gasteiger charge is 2.13. The minimum absolute atomic E-state index is 0.0177. The van der Waals surface area contributed by atoms with Crippen molar-refractivity contribution in [2.75, 3.05) is 5.73 Å². The Morgan fingerprint density at radius 3 is 2.40 bits per heavy atom. The van der Waals surface area contributed by atoms with Crippen molar-refractivity contribution in [2.45, 2.75) is 27.7 Å². The van der Waals surface area contributed by atoms with E-state index in [2.05, 4.69) is 20.8 Å². The number of nitrogen functional groups attached to an aromatic ring is 1. The first-order valence-corrected chi connectivity index (χ1v) is 5.14. The molecule has 0 aliphatic carbocycles. The van der Waals surface area contributed by atoms with Crippen LogP contribution in [0.2, 0.25) is 0 Å². The van der Waals surface area contributed by atoms with Crippen LogP contribution in [0.5, 0.6) is 0 Å². The molecule has 0 amide bonds. The Hall–Kier alpha value is -1.44. The van der Waals surface area contributed by atoms with E-state index in [0.29, 0.717) is 0 Å². The fourth-order valence-electron chi connectivity index (χ4n) is 1.20. The Balaban J connectivity index is 3.13. The van der Waals surface area contributed by atoms with Gasteiger partial charge in [0, 0.05) is 16.8 Å². The molecule has 0 bridgehead atoms. The van der Waals surface area contributed by atoms with E-state index in [9.17, 15) is 0 Å². The molecule has 15 heavy (non-hydrogen) atoms. The van der Waals surface area contributed by atoms with Crippen molar-refractivity contribution < 1.29 is 0 Å². The number of hydrogen-bond acceptors (Lipinski definition) is 2. The van der Waals surface area contributed by atoms with Gasteiger partial charge in [-0.15, -0.1) is 0 Å². The van der Waals surface area contributed by atoms with Gasteiger partial charge in [0.1, 0.15) is 0 Å². The zero-order valence-corrected chi connectivity index (χ0v) is 9.96. The summed E-state index contributed by atoms with van der Waals surface area (Å²) in [6.07, 6.45) is 1.96. The maximum atomic E-state index is 6.01. The zero-order chi connectivity index (χ0) is 11.6. The first-order chi connectivity index (χ1) is 6.80. The molecule has 4 N–H and O–H groups in total. The van der Waals surface area contributed by atoms with Crippen LogP contribution in [0.15, 0.2) is 23.9 Å². The molecule has 0 fully saturated rings. The van der Waals surface area contributed by atoms with E-state index in [0.717, 1.165) is 16.9 Å². The molecule has 1 aromatic carbocycles. The van der Waals surface area contributed by atoms with Crippen LogP contribution in [-0.4, -0.2) is 0 Å². The van der Waals surface area contributed by atoms with Crippen LogP contribution in [0.4, 0.5) is 5.69 Å². The van der Waals surface area contributed by atoms with Gasteiger partial charge in [0.15, 0.2) is 0 Å². The highest BCUT2D eigenvalue weighted by Crippen LogP contribution is 2.25. The second kappa shape index (κ2) is 3.97. The lowest BCUT2D eigenvalue weighted by Crippen LogP contribution is -2.16. The maximum absolute atomic E-state index is 6.01. The highest BCUT2D eigenvalue weighted by atomic mass is 14.6.